The Bertz CT molecular complexity index is 383. The second-order valence-electron chi connectivity index (χ2n) is 3.07. The summed E-state index contributed by atoms with van der Waals surface area (Å²) in [5.41, 5.74) is 0.537. The lowest BCUT2D eigenvalue weighted by molar-refractivity contribution is 0.247. The molecule has 0 unspecified atom stereocenters. The summed E-state index contributed by atoms with van der Waals surface area (Å²) < 4.78 is 14.3. The molecular weight excluding hydrogens is 298 g/mol. The van der Waals surface area contributed by atoms with Crippen molar-refractivity contribution in [2.24, 2.45) is 0 Å². The second-order valence-corrected chi connectivity index (χ2v) is 4.32. The lowest BCUT2D eigenvalue weighted by Gasteiger charge is -2.10. The number of halogens is 2. The first-order chi connectivity index (χ1) is 6.66. The molecule has 3 nitrogen and oxygen atoms in total. The van der Waals surface area contributed by atoms with Crippen LogP contribution in [0.5, 0.6) is 0 Å². The van der Waals surface area contributed by atoms with E-state index in [1.165, 1.54) is 6.07 Å². The van der Waals surface area contributed by atoms with Crippen LogP contribution >= 0.6 is 22.6 Å². The van der Waals surface area contributed by atoms with Crippen molar-refractivity contribution in [3.63, 3.8) is 0 Å². The Balaban J connectivity index is 2.31. The largest absolute Gasteiger partial charge is 0.336 e. The van der Waals surface area contributed by atoms with Gasteiger partial charge in [0, 0.05) is 15.7 Å². The Hall–Kier alpha value is -0.850. The van der Waals surface area contributed by atoms with Crippen molar-refractivity contribution in [1.82, 2.24) is 10.6 Å². The van der Waals surface area contributed by atoms with Crippen molar-refractivity contribution < 1.29 is 9.18 Å². The van der Waals surface area contributed by atoms with Crippen LogP contribution < -0.4 is 10.6 Å². The number of amides is 2. The third kappa shape index (κ3) is 1.82. The van der Waals surface area contributed by atoms with Gasteiger partial charge in [-0.15, -0.1) is 0 Å². The molecule has 1 atom stereocenters. The molecule has 0 radical (unpaired) electrons. The van der Waals surface area contributed by atoms with Crippen molar-refractivity contribution in [2.75, 3.05) is 6.54 Å². The second kappa shape index (κ2) is 3.72. The van der Waals surface area contributed by atoms with E-state index >= 15 is 0 Å². The van der Waals surface area contributed by atoms with E-state index < -0.39 is 0 Å². The molecule has 1 saturated heterocycles. The summed E-state index contributed by atoms with van der Waals surface area (Å²) in [6, 6.07) is 4.37. The minimum Gasteiger partial charge on any atom is -0.336 e. The Morgan fingerprint density at radius 2 is 2.29 bits per heavy atom. The van der Waals surface area contributed by atoms with Gasteiger partial charge in [-0.3, -0.25) is 0 Å². The zero-order valence-electron chi connectivity index (χ0n) is 7.18. The van der Waals surface area contributed by atoms with Crippen LogP contribution in [0, 0.1) is 9.39 Å². The highest BCUT2D eigenvalue weighted by Crippen LogP contribution is 2.21. The molecule has 2 N–H and O–H groups in total. The van der Waals surface area contributed by atoms with E-state index in [-0.39, 0.29) is 17.9 Å². The minimum atomic E-state index is -0.278. The first-order valence-electron chi connectivity index (χ1n) is 4.16. The summed E-state index contributed by atoms with van der Waals surface area (Å²) in [6.45, 7) is 0.440. The van der Waals surface area contributed by atoms with Gasteiger partial charge in [0.25, 0.3) is 0 Å². The molecule has 1 aliphatic rings. The summed E-state index contributed by atoms with van der Waals surface area (Å²) in [5, 5.41) is 5.24. The van der Waals surface area contributed by atoms with Gasteiger partial charge < -0.3 is 10.6 Å². The Morgan fingerprint density at radius 1 is 1.50 bits per heavy atom. The zero-order valence-corrected chi connectivity index (χ0v) is 9.34. The molecule has 1 fully saturated rings. The lowest BCUT2D eigenvalue weighted by Crippen LogP contribution is -2.22. The highest BCUT2D eigenvalue weighted by molar-refractivity contribution is 14.1. The maximum atomic E-state index is 13.4. The van der Waals surface area contributed by atoms with Crippen LogP contribution in [0.25, 0.3) is 0 Å². The first-order valence-corrected chi connectivity index (χ1v) is 5.24. The maximum Gasteiger partial charge on any atom is 0.315 e. The molecule has 1 aliphatic heterocycles. The SMILES string of the molecule is O=C1NC[C@H](c2cc(I)ccc2F)N1. The topological polar surface area (TPSA) is 41.1 Å². The normalized spacial score (nSPS) is 20.4. The zero-order chi connectivity index (χ0) is 10.1. The van der Waals surface area contributed by atoms with Crippen LogP contribution in [0.2, 0.25) is 0 Å². The third-order valence-electron chi connectivity index (χ3n) is 2.11. The Labute approximate surface area is 94.2 Å². The summed E-state index contributed by atoms with van der Waals surface area (Å²) in [6.07, 6.45) is 0. The molecule has 0 aliphatic carbocycles. The lowest BCUT2D eigenvalue weighted by atomic mass is 10.1. The molecule has 0 saturated carbocycles. The van der Waals surface area contributed by atoms with Crippen LogP contribution in [0.1, 0.15) is 11.6 Å². The van der Waals surface area contributed by atoms with E-state index in [2.05, 4.69) is 33.2 Å². The van der Waals surface area contributed by atoms with Crippen LogP contribution in [0.15, 0.2) is 18.2 Å². The van der Waals surface area contributed by atoms with E-state index in [4.69, 9.17) is 0 Å². The molecule has 0 aromatic heterocycles. The first kappa shape index (κ1) is 9.70. The molecule has 1 heterocycles. The molecule has 0 bridgehead atoms. The smallest absolute Gasteiger partial charge is 0.315 e. The van der Waals surface area contributed by atoms with Crippen molar-refractivity contribution in [3.05, 3.63) is 33.1 Å². The molecular formula is C9H8FIN2O. The average Bonchev–Trinajstić information content (AvgIpc) is 2.56. The van der Waals surface area contributed by atoms with Gasteiger partial charge in [0.2, 0.25) is 0 Å². The summed E-state index contributed by atoms with van der Waals surface area (Å²) in [7, 11) is 0. The van der Waals surface area contributed by atoms with Gasteiger partial charge in [-0.05, 0) is 40.8 Å². The number of rotatable bonds is 1. The fraction of sp³-hybridized carbons (Fsp3) is 0.222. The number of carbonyl (C=O) groups is 1. The standard InChI is InChI=1S/C9H8FIN2O/c10-7-2-1-5(11)3-6(7)8-4-12-9(14)13-8/h1-3,8H,4H2,(H2,12,13,14)/t8-/m1/s1. The molecule has 74 valence electrons. The monoisotopic (exact) mass is 306 g/mol. The van der Waals surface area contributed by atoms with Crippen molar-refractivity contribution in [1.29, 1.82) is 0 Å². The molecule has 2 rings (SSSR count). The average molecular weight is 306 g/mol. The van der Waals surface area contributed by atoms with Gasteiger partial charge in [-0.1, -0.05) is 0 Å². The Kier molecular flexibility index (Phi) is 2.58. The van der Waals surface area contributed by atoms with Crippen molar-refractivity contribution in [2.45, 2.75) is 6.04 Å². The number of urea groups is 1. The molecule has 2 amide bonds. The summed E-state index contributed by atoms with van der Waals surface area (Å²) in [4.78, 5) is 10.9. The van der Waals surface area contributed by atoms with Crippen LogP contribution in [-0.2, 0) is 0 Å². The van der Waals surface area contributed by atoms with Crippen LogP contribution in [0.3, 0.4) is 0 Å². The van der Waals surface area contributed by atoms with Gasteiger partial charge in [-0.2, -0.15) is 0 Å². The van der Waals surface area contributed by atoms with Gasteiger partial charge in [0.05, 0.1) is 6.04 Å². The third-order valence-corrected chi connectivity index (χ3v) is 2.78. The predicted octanol–water partition coefficient (Wildman–Crippen LogP) is 1.78. The molecule has 14 heavy (non-hydrogen) atoms. The highest BCUT2D eigenvalue weighted by atomic mass is 127. The quantitative estimate of drug-likeness (QED) is 0.763. The maximum absolute atomic E-state index is 13.4. The van der Waals surface area contributed by atoms with Crippen molar-refractivity contribution >= 4 is 28.6 Å². The van der Waals surface area contributed by atoms with Gasteiger partial charge in [0.1, 0.15) is 5.82 Å². The summed E-state index contributed by atoms with van der Waals surface area (Å²) in [5.74, 6) is -0.278. The number of nitrogens with one attached hydrogen (secondary N) is 2. The van der Waals surface area contributed by atoms with E-state index in [9.17, 15) is 9.18 Å². The van der Waals surface area contributed by atoms with Crippen LogP contribution in [0.4, 0.5) is 9.18 Å². The van der Waals surface area contributed by atoms with E-state index in [1.54, 1.807) is 12.1 Å². The fourth-order valence-electron chi connectivity index (χ4n) is 1.42. The number of hydrogen-bond donors (Lipinski definition) is 2. The number of hydrogen-bond acceptors (Lipinski definition) is 1. The molecule has 0 spiro atoms. The highest BCUT2D eigenvalue weighted by Gasteiger charge is 2.23. The predicted molar refractivity (Wildman–Crippen MR) is 58.4 cm³/mol. The molecule has 5 heteroatoms. The van der Waals surface area contributed by atoms with Gasteiger partial charge >= 0.3 is 6.03 Å². The van der Waals surface area contributed by atoms with Crippen molar-refractivity contribution in [3.8, 4) is 0 Å². The van der Waals surface area contributed by atoms with Gasteiger partial charge in [0.15, 0.2) is 0 Å². The minimum absolute atomic E-state index is 0.242. The van der Waals surface area contributed by atoms with Crippen LogP contribution in [-0.4, -0.2) is 12.6 Å². The summed E-state index contributed by atoms with van der Waals surface area (Å²) >= 11 is 2.11. The number of carbonyl (C=O) groups excluding carboxylic acids is 1. The fourth-order valence-corrected chi connectivity index (χ4v) is 1.94. The molecule has 1 aromatic carbocycles. The van der Waals surface area contributed by atoms with E-state index in [0.29, 0.717) is 12.1 Å². The van der Waals surface area contributed by atoms with E-state index in [1.807, 2.05) is 0 Å². The number of benzene rings is 1. The molecule has 1 aromatic rings. The Morgan fingerprint density at radius 3 is 2.93 bits per heavy atom. The van der Waals surface area contributed by atoms with Gasteiger partial charge in [-0.25, -0.2) is 9.18 Å². The van der Waals surface area contributed by atoms with E-state index in [0.717, 1.165) is 3.57 Å².